The maximum Gasteiger partial charge on any atom is 0.120 e. The number of likely N-dealkylation sites (N-methyl/N-ethyl adjacent to an activating group) is 2. The van der Waals surface area contributed by atoms with E-state index in [2.05, 4.69) is 33.4 Å². The average molecular weight is 265 g/mol. The second-order valence-corrected chi connectivity index (χ2v) is 3.22. The van der Waals surface area contributed by atoms with E-state index in [0.717, 1.165) is 18.9 Å². The summed E-state index contributed by atoms with van der Waals surface area (Å²) in [4.78, 5) is 12.5. The van der Waals surface area contributed by atoms with Gasteiger partial charge in [0.2, 0.25) is 0 Å². The van der Waals surface area contributed by atoms with Crippen molar-refractivity contribution < 1.29 is 0 Å². The van der Waals surface area contributed by atoms with Crippen molar-refractivity contribution in [3.05, 3.63) is 43.8 Å². The van der Waals surface area contributed by atoms with Gasteiger partial charge in [-0.1, -0.05) is 33.1 Å². The number of H-pyrrole nitrogens is 1. The van der Waals surface area contributed by atoms with E-state index in [0.29, 0.717) is 0 Å². The largest absolute Gasteiger partial charge is 0.359 e. The van der Waals surface area contributed by atoms with Gasteiger partial charge in [0.25, 0.3) is 0 Å². The highest BCUT2D eigenvalue weighted by atomic mass is 15.2. The molecule has 5 heteroatoms. The molecule has 1 aromatic heterocycles. The van der Waals surface area contributed by atoms with Crippen LogP contribution in [0, 0.1) is 0 Å². The molecule has 19 heavy (non-hydrogen) atoms. The summed E-state index contributed by atoms with van der Waals surface area (Å²) < 4.78 is 0. The monoisotopic (exact) mass is 265 g/mol. The summed E-state index contributed by atoms with van der Waals surface area (Å²) in [7, 11) is 3.88. The summed E-state index contributed by atoms with van der Waals surface area (Å²) in [5.74, 6) is 0.755. The van der Waals surface area contributed by atoms with E-state index < -0.39 is 0 Å². The molecule has 0 atom stereocenters. The Kier molecular flexibility index (Phi) is 16.5. The quantitative estimate of drug-likeness (QED) is 0.776. The molecule has 5 nitrogen and oxygen atoms in total. The van der Waals surface area contributed by atoms with Crippen molar-refractivity contribution in [2.75, 3.05) is 27.2 Å². The Morgan fingerprint density at radius 1 is 1.53 bits per heavy atom. The summed E-state index contributed by atoms with van der Waals surface area (Å²) in [5, 5.41) is 3.05. The fourth-order valence-corrected chi connectivity index (χ4v) is 0.861. The molecule has 1 rings (SSSR count). The van der Waals surface area contributed by atoms with Gasteiger partial charge < -0.3 is 15.2 Å². The van der Waals surface area contributed by atoms with Crippen molar-refractivity contribution in [3.8, 4) is 0 Å². The van der Waals surface area contributed by atoms with Crippen LogP contribution in [0.4, 0.5) is 0 Å². The molecule has 0 fully saturated rings. The van der Waals surface area contributed by atoms with Gasteiger partial charge in [0.1, 0.15) is 5.82 Å². The topological polar surface area (TPSA) is 56.3 Å². The van der Waals surface area contributed by atoms with Crippen molar-refractivity contribution in [1.82, 2.24) is 20.2 Å². The van der Waals surface area contributed by atoms with Gasteiger partial charge in [-0.05, 0) is 7.05 Å². The Bertz CT molecular complexity index is 299. The van der Waals surface area contributed by atoms with Crippen LogP contribution in [-0.4, -0.2) is 48.3 Å². The predicted molar refractivity (Wildman–Crippen MR) is 84.3 cm³/mol. The Labute approximate surface area is 117 Å². The molecule has 0 aliphatic rings. The molecule has 1 heterocycles. The number of rotatable bonds is 6. The van der Waals surface area contributed by atoms with E-state index in [4.69, 9.17) is 0 Å². The lowest BCUT2D eigenvalue weighted by Gasteiger charge is -2.17. The molecule has 1 aromatic rings. The molecule has 0 spiro atoms. The Morgan fingerprint density at radius 3 is 2.58 bits per heavy atom. The van der Waals surface area contributed by atoms with Crippen molar-refractivity contribution in [1.29, 1.82) is 0 Å². The summed E-state index contributed by atoms with van der Waals surface area (Å²) >= 11 is 0. The van der Waals surface area contributed by atoms with Crippen molar-refractivity contribution in [2.24, 2.45) is 4.99 Å². The Balaban J connectivity index is 0. The summed E-state index contributed by atoms with van der Waals surface area (Å²) in [6.07, 6.45) is 8.36. The second-order valence-electron chi connectivity index (χ2n) is 3.22. The van der Waals surface area contributed by atoms with Crippen molar-refractivity contribution >= 4 is 6.21 Å². The second kappa shape index (κ2) is 16.1. The zero-order chi connectivity index (χ0) is 14.9. The average Bonchev–Trinajstić information content (AvgIpc) is 3.03. The van der Waals surface area contributed by atoms with Crippen LogP contribution in [0.25, 0.3) is 0 Å². The molecule has 2 N–H and O–H groups in total. The lowest BCUT2D eigenvalue weighted by molar-refractivity contribution is 0.414. The number of allylic oxidation sites excluding steroid dienone is 1. The van der Waals surface area contributed by atoms with E-state index in [9.17, 15) is 0 Å². The maximum atomic E-state index is 4.06. The minimum absolute atomic E-state index is 0.755. The Morgan fingerprint density at radius 2 is 2.21 bits per heavy atom. The molecule has 0 bridgehead atoms. The fourth-order valence-electron chi connectivity index (χ4n) is 0.861. The zero-order valence-electron chi connectivity index (χ0n) is 12.6. The van der Waals surface area contributed by atoms with Gasteiger partial charge in [-0.3, -0.25) is 0 Å². The minimum atomic E-state index is 0.755. The Hall–Kier alpha value is -1.88. The number of aliphatic imine (C=N–C) groups is 1. The van der Waals surface area contributed by atoms with Gasteiger partial charge >= 0.3 is 0 Å². The van der Waals surface area contributed by atoms with E-state index in [1.807, 2.05) is 32.8 Å². The van der Waals surface area contributed by atoms with Crippen LogP contribution in [0.2, 0.25) is 0 Å². The van der Waals surface area contributed by atoms with Crippen LogP contribution in [0.5, 0.6) is 0 Å². The smallest absolute Gasteiger partial charge is 0.120 e. The molecule has 0 aromatic carbocycles. The molecule has 0 radical (unpaired) electrons. The molecule has 0 saturated carbocycles. The molecular weight excluding hydrogens is 238 g/mol. The number of nitrogens with one attached hydrogen (secondary N) is 2. The van der Waals surface area contributed by atoms with Gasteiger partial charge in [-0.15, -0.1) is 0 Å². The summed E-state index contributed by atoms with van der Waals surface area (Å²) in [6.45, 7) is 13.2. The SMILES string of the molecule is C=C/C=N\C(=C)N(C)CCNC.CC.c1c[nH]cn1. The normalized spacial score (nSPS) is 8.84. The van der Waals surface area contributed by atoms with Crippen LogP contribution in [0.1, 0.15) is 13.8 Å². The van der Waals surface area contributed by atoms with Gasteiger partial charge in [0, 0.05) is 38.7 Å². The molecule has 0 amide bonds. The third kappa shape index (κ3) is 14.1. The maximum absolute atomic E-state index is 4.06. The first-order valence-corrected chi connectivity index (χ1v) is 6.34. The van der Waals surface area contributed by atoms with Crippen LogP contribution >= 0.6 is 0 Å². The van der Waals surface area contributed by atoms with Crippen LogP contribution in [0.15, 0.2) is 48.8 Å². The molecule has 0 saturated heterocycles. The van der Waals surface area contributed by atoms with Gasteiger partial charge in [0.15, 0.2) is 0 Å². The van der Waals surface area contributed by atoms with E-state index in [1.54, 1.807) is 31.0 Å². The third-order valence-electron chi connectivity index (χ3n) is 1.87. The first-order chi connectivity index (χ1) is 9.22. The minimum Gasteiger partial charge on any atom is -0.359 e. The van der Waals surface area contributed by atoms with Crippen LogP contribution < -0.4 is 5.32 Å². The van der Waals surface area contributed by atoms with E-state index >= 15 is 0 Å². The molecular formula is C14H27N5. The number of hydrogen-bond acceptors (Lipinski definition) is 4. The number of aromatic nitrogens is 2. The van der Waals surface area contributed by atoms with Crippen molar-refractivity contribution in [3.63, 3.8) is 0 Å². The molecule has 108 valence electrons. The number of hydrogen-bond donors (Lipinski definition) is 2. The highest BCUT2D eigenvalue weighted by molar-refractivity contribution is 5.71. The lowest BCUT2D eigenvalue weighted by Crippen LogP contribution is -2.25. The molecule has 0 aliphatic carbocycles. The third-order valence-corrected chi connectivity index (χ3v) is 1.87. The number of nitrogens with zero attached hydrogens (tertiary/aromatic N) is 3. The van der Waals surface area contributed by atoms with Gasteiger partial charge in [-0.25, -0.2) is 9.98 Å². The zero-order valence-corrected chi connectivity index (χ0v) is 12.6. The first-order valence-electron chi connectivity index (χ1n) is 6.34. The standard InChI is InChI=1S/C9H17N3.C3H4N2.C2H6/c1-5-6-11-9(2)12(4)8-7-10-3;1-2-5-3-4-1;1-2/h5-6,10H,1-2,7-8H2,3-4H3;1-3H,(H,4,5);1-2H3/b11-6-;;. The number of aromatic amines is 1. The summed E-state index contributed by atoms with van der Waals surface area (Å²) in [6, 6.07) is 0. The van der Waals surface area contributed by atoms with Crippen LogP contribution in [-0.2, 0) is 0 Å². The van der Waals surface area contributed by atoms with Gasteiger partial charge in [-0.2, -0.15) is 0 Å². The van der Waals surface area contributed by atoms with E-state index in [1.165, 1.54) is 0 Å². The van der Waals surface area contributed by atoms with E-state index in [-0.39, 0.29) is 0 Å². The highest BCUT2D eigenvalue weighted by Gasteiger charge is 1.96. The van der Waals surface area contributed by atoms with Crippen molar-refractivity contribution in [2.45, 2.75) is 13.8 Å². The highest BCUT2D eigenvalue weighted by Crippen LogP contribution is 1.97. The lowest BCUT2D eigenvalue weighted by atomic mass is 10.5. The van der Waals surface area contributed by atoms with Crippen LogP contribution in [0.3, 0.4) is 0 Å². The van der Waals surface area contributed by atoms with Gasteiger partial charge in [0.05, 0.1) is 6.33 Å². The fraction of sp³-hybridized carbons (Fsp3) is 0.429. The number of imidazole rings is 1. The first kappa shape index (κ1) is 19.5. The molecule has 0 aliphatic heterocycles. The predicted octanol–water partition coefficient (Wildman–Crippen LogP) is 2.30. The molecule has 0 unspecified atom stereocenters. The summed E-state index contributed by atoms with van der Waals surface area (Å²) in [5.41, 5.74) is 0.